The normalized spacial score (nSPS) is 13.9. The van der Waals surface area contributed by atoms with Crippen LogP contribution in [0.5, 0.6) is 0 Å². The van der Waals surface area contributed by atoms with Crippen molar-refractivity contribution < 1.29 is 62.0 Å². The minimum Gasteiger partial charge on any atom is -0.454 e. The van der Waals surface area contributed by atoms with Crippen molar-refractivity contribution in [1.82, 2.24) is 53.2 Å². The summed E-state index contributed by atoms with van der Waals surface area (Å²) < 4.78 is 36.3. The van der Waals surface area contributed by atoms with E-state index in [1.807, 2.05) is 0 Å². The van der Waals surface area contributed by atoms with Crippen LogP contribution < -0.4 is 58.9 Å². The van der Waals surface area contributed by atoms with Gasteiger partial charge in [0.1, 0.15) is 6.61 Å². The lowest BCUT2D eigenvalue weighted by molar-refractivity contribution is -0.206. The Balaban J connectivity index is 7.45. The molecule has 0 aromatic heterocycles. The third-order valence-electron chi connectivity index (χ3n) is 18.9. The zero-order valence-corrected chi connectivity index (χ0v) is 67.6. The number of carbonyl (C=O) groups excluding carboxylic acids is 7. The molecule has 8 atom stereocenters. The standard InChI is InChI=1S/C80H159N11O13/c1-10-14-18-22-26-30-34-39-66(5)77(95)101-72(70(92)43-38-45-82-47-49-84-51-53-86-55-57-88-59-61-90-71(93)65-100-64-63-99-9)73(102-78(96)67(6)40-35-31-27-23-19-15-11-2)74(103-79(97)68(7)41-36-32-28-24-20-16-12-3)75(104-80(98)69(8)42-37-33-29-25-21-17-13-4)76(94)91-62-60-89-58-56-87-54-52-85-50-48-83-46-44-81/h66-69,72-75,82-89H,10-65,81H2,1-9H3,(H,90,93)(H,91,94). The third-order valence-corrected chi connectivity index (χ3v) is 18.9. The summed E-state index contributed by atoms with van der Waals surface area (Å²) in [6, 6.07) is 0. The summed E-state index contributed by atoms with van der Waals surface area (Å²) in [5, 5.41) is 32.8. The summed E-state index contributed by atoms with van der Waals surface area (Å²) in [6.07, 6.45) is 23.3. The Hall–Kier alpha value is -3.95. The number of hydrogen-bond acceptors (Lipinski definition) is 22. The number of carbonyl (C=O) groups is 7. The van der Waals surface area contributed by atoms with Crippen LogP contribution in [0, 0.1) is 23.7 Å². The van der Waals surface area contributed by atoms with Gasteiger partial charge in [0.15, 0.2) is 18.0 Å². The average molecular weight is 1480 g/mol. The molecule has 0 aromatic rings. The molecular weight excluding hydrogens is 1320 g/mol. The summed E-state index contributed by atoms with van der Waals surface area (Å²) in [5.74, 6) is -7.16. The second kappa shape index (κ2) is 74.5. The van der Waals surface area contributed by atoms with E-state index >= 15 is 19.2 Å². The molecule has 104 heavy (non-hydrogen) atoms. The molecule has 0 heterocycles. The van der Waals surface area contributed by atoms with Crippen LogP contribution in [-0.2, 0) is 62.0 Å². The maximum Gasteiger partial charge on any atom is 0.309 e. The van der Waals surface area contributed by atoms with Crippen LogP contribution in [0.15, 0.2) is 0 Å². The number of unbranched alkanes of at least 4 members (excludes halogenated alkanes) is 24. The molecule has 24 heteroatoms. The Kier molecular flexibility index (Phi) is 71.7. The van der Waals surface area contributed by atoms with E-state index in [1.54, 1.807) is 34.8 Å². The van der Waals surface area contributed by atoms with Gasteiger partial charge in [-0.05, 0) is 38.6 Å². The lowest BCUT2D eigenvalue weighted by Crippen LogP contribution is -2.59. The number of ether oxygens (including phenoxy) is 6. The summed E-state index contributed by atoms with van der Waals surface area (Å²) in [7, 11) is 1.58. The first-order valence-electron chi connectivity index (χ1n) is 41.9. The molecule has 0 aliphatic carbocycles. The molecule has 12 N–H and O–H groups in total. The molecule has 8 unspecified atom stereocenters. The van der Waals surface area contributed by atoms with Gasteiger partial charge in [-0.3, -0.25) is 33.6 Å². The number of rotatable bonds is 80. The number of Topliss-reactive ketones (excluding diaryl/α,β-unsaturated/α-hetero) is 1. The minimum absolute atomic E-state index is 0.00401. The number of methoxy groups -OCH3 is 1. The van der Waals surface area contributed by atoms with Crippen LogP contribution >= 0.6 is 0 Å². The van der Waals surface area contributed by atoms with E-state index in [9.17, 15) is 14.4 Å². The number of hydrogen-bond donors (Lipinski definition) is 11. The van der Waals surface area contributed by atoms with Gasteiger partial charge in [-0.1, -0.05) is 235 Å². The summed E-state index contributed by atoms with van der Waals surface area (Å²) >= 11 is 0. The Morgan fingerprint density at radius 3 is 0.952 bits per heavy atom. The van der Waals surface area contributed by atoms with Crippen LogP contribution in [0.2, 0.25) is 0 Å². The fourth-order valence-electron chi connectivity index (χ4n) is 12.0. The lowest BCUT2D eigenvalue weighted by Gasteiger charge is -2.36. The van der Waals surface area contributed by atoms with Gasteiger partial charge in [0.2, 0.25) is 18.1 Å². The van der Waals surface area contributed by atoms with Crippen LogP contribution in [-0.4, -0.2) is 217 Å². The highest BCUT2D eigenvalue weighted by atomic mass is 16.6. The number of nitrogens with one attached hydrogen (secondary N) is 10. The highest BCUT2D eigenvalue weighted by Gasteiger charge is 2.50. The number of esters is 4. The van der Waals surface area contributed by atoms with E-state index in [2.05, 4.69) is 80.9 Å². The van der Waals surface area contributed by atoms with Crippen molar-refractivity contribution in [3.05, 3.63) is 0 Å². The zero-order chi connectivity index (χ0) is 76.6. The maximum atomic E-state index is 15.5. The van der Waals surface area contributed by atoms with E-state index < -0.39 is 83.7 Å². The SMILES string of the molecule is CCCCCCCCCC(C)C(=O)OC(C(=O)CCCNCCNCCNCCNCCNC(=O)COCCOC)C(OC(=O)C(C)CCCCCCCCC)C(OC(=O)C(C)CCCCCCCCC)C(OC(=O)C(C)CCCCCCCCC)C(=O)NCCNCCNCCNCCNCCN. The fraction of sp³-hybridized carbons (Fsp3) is 0.912. The molecule has 0 bridgehead atoms. The Labute approximate surface area is 632 Å². The van der Waals surface area contributed by atoms with E-state index in [1.165, 1.54) is 25.7 Å². The Bertz CT molecular complexity index is 2040. The minimum atomic E-state index is -1.94. The highest BCUT2D eigenvalue weighted by Crippen LogP contribution is 2.28. The van der Waals surface area contributed by atoms with Crippen molar-refractivity contribution in [2.24, 2.45) is 29.4 Å². The van der Waals surface area contributed by atoms with Crippen LogP contribution in [0.1, 0.15) is 274 Å². The molecule has 0 saturated heterocycles. The predicted molar refractivity (Wildman–Crippen MR) is 422 cm³/mol. The molecule has 0 rings (SSSR count). The fourth-order valence-corrected chi connectivity index (χ4v) is 12.0. The summed E-state index contributed by atoms with van der Waals surface area (Å²) in [5.41, 5.74) is 5.59. The zero-order valence-electron chi connectivity index (χ0n) is 67.6. The quantitative estimate of drug-likeness (QED) is 0.0153. The van der Waals surface area contributed by atoms with Gasteiger partial charge < -0.3 is 87.3 Å². The average Bonchev–Trinajstić information content (AvgIpc) is 0.800. The van der Waals surface area contributed by atoms with Gasteiger partial charge in [-0.25, -0.2) is 0 Å². The van der Waals surface area contributed by atoms with Crippen LogP contribution in [0.25, 0.3) is 0 Å². The topological polar surface area (TPSA) is 321 Å². The second-order valence-electron chi connectivity index (χ2n) is 28.8. The van der Waals surface area contributed by atoms with Gasteiger partial charge in [0.25, 0.3) is 5.91 Å². The van der Waals surface area contributed by atoms with Gasteiger partial charge in [-0.15, -0.1) is 0 Å². The van der Waals surface area contributed by atoms with Crippen molar-refractivity contribution in [2.45, 2.75) is 298 Å². The Morgan fingerprint density at radius 2 is 0.606 bits per heavy atom. The van der Waals surface area contributed by atoms with Gasteiger partial charge in [-0.2, -0.15) is 0 Å². The highest BCUT2D eigenvalue weighted by molar-refractivity contribution is 5.89. The largest absolute Gasteiger partial charge is 0.454 e. The molecule has 0 fully saturated rings. The first kappa shape index (κ1) is 100. The van der Waals surface area contributed by atoms with E-state index in [0.717, 1.165) is 213 Å². The van der Waals surface area contributed by atoms with Gasteiger partial charge in [0, 0.05) is 131 Å². The maximum absolute atomic E-state index is 15.5. The van der Waals surface area contributed by atoms with E-state index in [0.29, 0.717) is 104 Å². The molecule has 24 nitrogen and oxygen atoms in total. The van der Waals surface area contributed by atoms with Crippen molar-refractivity contribution in [1.29, 1.82) is 0 Å². The van der Waals surface area contributed by atoms with Crippen molar-refractivity contribution in [2.75, 3.05) is 151 Å². The van der Waals surface area contributed by atoms with Gasteiger partial charge >= 0.3 is 23.9 Å². The molecule has 2 amide bonds. The van der Waals surface area contributed by atoms with Crippen LogP contribution in [0.3, 0.4) is 0 Å². The molecule has 0 aliphatic rings. The Morgan fingerprint density at radius 1 is 0.317 bits per heavy atom. The second-order valence-corrected chi connectivity index (χ2v) is 28.8. The molecule has 0 saturated carbocycles. The predicted octanol–water partition coefficient (Wildman–Crippen LogP) is 9.66. The van der Waals surface area contributed by atoms with Gasteiger partial charge in [0.05, 0.1) is 36.9 Å². The number of ketones is 1. The monoisotopic (exact) mass is 1480 g/mol. The summed E-state index contributed by atoms with van der Waals surface area (Å²) in [6.45, 7) is 28.6. The number of nitrogens with two attached hydrogens (primary N) is 1. The first-order chi connectivity index (χ1) is 50.6. The van der Waals surface area contributed by atoms with Crippen molar-refractivity contribution >= 4 is 41.5 Å². The molecule has 0 aliphatic heterocycles. The van der Waals surface area contributed by atoms with E-state index in [4.69, 9.17) is 34.2 Å². The summed E-state index contributed by atoms with van der Waals surface area (Å²) in [4.78, 5) is 102. The number of amides is 2. The van der Waals surface area contributed by atoms with Crippen molar-refractivity contribution in [3.63, 3.8) is 0 Å². The lowest BCUT2D eigenvalue weighted by atomic mass is 9.94. The molecule has 612 valence electrons. The third kappa shape index (κ3) is 59.1. The van der Waals surface area contributed by atoms with E-state index in [-0.39, 0.29) is 25.5 Å². The smallest absolute Gasteiger partial charge is 0.309 e. The molecular formula is C80H159N11O13. The van der Waals surface area contributed by atoms with Crippen molar-refractivity contribution in [3.8, 4) is 0 Å². The first-order valence-corrected chi connectivity index (χ1v) is 41.9. The molecule has 0 aromatic carbocycles. The van der Waals surface area contributed by atoms with Crippen LogP contribution in [0.4, 0.5) is 0 Å². The molecule has 0 radical (unpaired) electrons. The molecule has 0 spiro atoms.